The maximum atomic E-state index is 12.8. The summed E-state index contributed by atoms with van der Waals surface area (Å²) in [5, 5.41) is 0. The molecule has 0 spiro atoms. The molecule has 176 valence electrons. The Hall–Kier alpha value is -3.00. The largest absolute Gasteiger partial charge is 0.493 e. The molecule has 2 aromatic rings. The Bertz CT molecular complexity index is 1060. The fourth-order valence-electron chi connectivity index (χ4n) is 4.91. The van der Waals surface area contributed by atoms with Gasteiger partial charge < -0.3 is 14.2 Å². The van der Waals surface area contributed by atoms with Gasteiger partial charge in [-0.05, 0) is 74.5 Å². The average Bonchev–Trinajstić information content (AvgIpc) is 3.15. The zero-order chi connectivity index (χ0) is 23.8. The number of carbonyl (C=O) groups excluding carboxylic acids is 1. The van der Waals surface area contributed by atoms with Crippen molar-refractivity contribution < 1.29 is 32.2 Å². The van der Waals surface area contributed by atoms with E-state index in [0.29, 0.717) is 23.7 Å². The van der Waals surface area contributed by atoms with E-state index in [0.717, 1.165) is 49.2 Å². The second kappa shape index (κ2) is 8.74. The van der Waals surface area contributed by atoms with Crippen LogP contribution in [0.1, 0.15) is 40.7 Å². The van der Waals surface area contributed by atoms with Crippen LogP contribution in [0.3, 0.4) is 0 Å². The summed E-state index contributed by atoms with van der Waals surface area (Å²) in [6.45, 7) is 0.885. The lowest BCUT2D eigenvalue weighted by molar-refractivity contribution is -0.137. The van der Waals surface area contributed by atoms with Crippen molar-refractivity contribution in [1.82, 2.24) is 4.90 Å². The molecule has 4 rings (SSSR count). The molecular formula is C25H26F3NO4. The maximum absolute atomic E-state index is 12.8. The van der Waals surface area contributed by atoms with Crippen LogP contribution in [-0.2, 0) is 16.3 Å². The van der Waals surface area contributed by atoms with Gasteiger partial charge in [0.25, 0.3) is 0 Å². The number of likely N-dealkylation sites (N-methyl/N-ethyl adjacent to an activating group) is 1. The van der Waals surface area contributed by atoms with Gasteiger partial charge >= 0.3 is 12.1 Å². The van der Waals surface area contributed by atoms with E-state index >= 15 is 0 Å². The van der Waals surface area contributed by atoms with Crippen LogP contribution in [0.25, 0.3) is 0 Å². The third-order valence-corrected chi connectivity index (χ3v) is 6.74. The van der Waals surface area contributed by atoms with Crippen LogP contribution in [0.4, 0.5) is 13.2 Å². The maximum Gasteiger partial charge on any atom is 0.416 e. The molecule has 1 aliphatic carbocycles. The third kappa shape index (κ3) is 4.31. The SMILES string of the molecule is COc1ccc(C23CCC(OC(=O)c4ccc(C(F)(F)F)cc4)=CC2N(C)CC3)cc1OC. The smallest absolute Gasteiger partial charge is 0.416 e. The minimum atomic E-state index is -4.45. The van der Waals surface area contributed by atoms with Crippen LogP contribution in [0, 0.1) is 0 Å². The first-order valence-corrected chi connectivity index (χ1v) is 10.7. The van der Waals surface area contributed by atoms with Crippen LogP contribution in [-0.4, -0.2) is 44.7 Å². The number of nitrogens with zero attached hydrogens (tertiary/aromatic N) is 1. The molecule has 0 N–H and O–H groups in total. The number of allylic oxidation sites excluding steroid dienone is 1. The van der Waals surface area contributed by atoms with Gasteiger partial charge in [-0.3, -0.25) is 4.90 Å². The molecule has 33 heavy (non-hydrogen) atoms. The molecule has 2 atom stereocenters. The summed E-state index contributed by atoms with van der Waals surface area (Å²) in [5.41, 5.74) is 0.265. The van der Waals surface area contributed by atoms with E-state index in [2.05, 4.69) is 11.0 Å². The number of alkyl halides is 3. The van der Waals surface area contributed by atoms with Gasteiger partial charge in [0.15, 0.2) is 11.5 Å². The van der Waals surface area contributed by atoms with Gasteiger partial charge in [0, 0.05) is 17.9 Å². The Kier molecular flexibility index (Phi) is 6.14. The van der Waals surface area contributed by atoms with Crippen molar-refractivity contribution in [2.45, 2.75) is 36.9 Å². The predicted molar refractivity (Wildman–Crippen MR) is 116 cm³/mol. The number of halogens is 3. The fourth-order valence-corrected chi connectivity index (χ4v) is 4.91. The molecular weight excluding hydrogens is 435 g/mol. The van der Waals surface area contributed by atoms with Gasteiger partial charge in [0.2, 0.25) is 0 Å². The molecule has 0 bridgehead atoms. The first-order valence-electron chi connectivity index (χ1n) is 10.7. The van der Waals surface area contributed by atoms with E-state index < -0.39 is 17.7 Å². The molecule has 0 radical (unpaired) electrons. The summed E-state index contributed by atoms with van der Waals surface area (Å²) >= 11 is 0. The van der Waals surface area contributed by atoms with Crippen molar-refractivity contribution in [1.29, 1.82) is 0 Å². The Labute approximate surface area is 190 Å². The first kappa shape index (κ1) is 23.2. The molecule has 2 aliphatic rings. The van der Waals surface area contributed by atoms with Crippen LogP contribution < -0.4 is 9.47 Å². The van der Waals surface area contributed by atoms with Crippen molar-refractivity contribution in [3.63, 3.8) is 0 Å². The molecule has 1 fully saturated rings. The Morgan fingerprint density at radius 2 is 1.73 bits per heavy atom. The number of rotatable bonds is 5. The summed E-state index contributed by atoms with van der Waals surface area (Å²) in [6.07, 6.45) is -0.223. The topological polar surface area (TPSA) is 48.0 Å². The number of likely N-dealkylation sites (tertiary alicyclic amines) is 1. The van der Waals surface area contributed by atoms with Gasteiger partial charge in [-0.1, -0.05) is 6.07 Å². The van der Waals surface area contributed by atoms with Gasteiger partial charge in [-0.25, -0.2) is 4.79 Å². The molecule has 1 heterocycles. The molecule has 2 unspecified atom stereocenters. The second-order valence-electron chi connectivity index (χ2n) is 8.50. The molecule has 0 saturated carbocycles. The van der Waals surface area contributed by atoms with E-state index in [-0.39, 0.29) is 17.0 Å². The van der Waals surface area contributed by atoms with Crippen LogP contribution >= 0.6 is 0 Å². The Balaban J connectivity index is 1.57. The van der Waals surface area contributed by atoms with E-state index in [9.17, 15) is 18.0 Å². The van der Waals surface area contributed by atoms with Crippen LogP contribution in [0.5, 0.6) is 11.5 Å². The van der Waals surface area contributed by atoms with Gasteiger partial charge in [0.1, 0.15) is 5.76 Å². The highest BCUT2D eigenvalue weighted by Crippen LogP contribution is 2.49. The third-order valence-electron chi connectivity index (χ3n) is 6.74. The first-order chi connectivity index (χ1) is 15.7. The van der Waals surface area contributed by atoms with Crippen molar-refractivity contribution in [3.8, 4) is 11.5 Å². The summed E-state index contributed by atoms with van der Waals surface area (Å²) in [4.78, 5) is 14.8. The number of esters is 1. The summed E-state index contributed by atoms with van der Waals surface area (Å²) in [7, 11) is 5.24. The van der Waals surface area contributed by atoms with E-state index in [4.69, 9.17) is 14.2 Å². The van der Waals surface area contributed by atoms with Crippen molar-refractivity contribution in [2.75, 3.05) is 27.8 Å². The van der Waals surface area contributed by atoms with Crippen molar-refractivity contribution >= 4 is 5.97 Å². The lowest BCUT2D eigenvalue weighted by atomic mass is 9.68. The van der Waals surface area contributed by atoms with E-state index in [1.54, 1.807) is 14.2 Å². The predicted octanol–water partition coefficient (Wildman–Crippen LogP) is 5.20. The molecule has 5 nitrogen and oxygen atoms in total. The lowest BCUT2D eigenvalue weighted by Crippen LogP contribution is -2.42. The highest BCUT2D eigenvalue weighted by Gasteiger charge is 2.48. The number of fused-ring (bicyclic) bond motifs is 1. The number of carbonyl (C=O) groups is 1. The van der Waals surface area contributed by atoms with Crippen molar-refractivity contribution in [3.05, 3.63) is 71.0 Å². The normalized spacial score (nSPS) is 23.0. The van der Waals surface area contributed by atoms with E-state index in [1.165, 1.54) is 0 Å². The number of hydrogen-bond donors (Lipinski definition) is 0. The number of methoxy groups -OCH3 is 2. The van der Waals surface area contributed by atoms with Gasteiger partial charge in [-0.15, -0.1) is 0 Å². The number of hydrogen-bond acceptors (Lipinski definition) is 5. The number of benzene rings is 2. The Morgan fingerprint density at radius 3 is 2.36 bits per heavy atom. The monoisotopic (exact) mass is 461 g/mol. The highest BCUT2D eigenvalue weighted by atomic mass is 19.4. The standard InChI is InChI=1S/C25H26F3NO4/c1-29-13-12-24(18-8-9-20(31-2)21(14-18)32-3)11-10-19(15-22(24)29)33-23(30)16-4-6-17(7-5-16)25(26,27)28/h4-9,14-15,22H,10-13H2,1-3H3. The van der Waals surface area contributed by atoms with Crippen molar-refractivity contribution in [2.24, 2.45) is 0 Å². The highest BCUT2D eigenvalue weighted by molar-refractivity contribution is 5.90. The van der Waals surface area contributed by atoms with Gasteiger partial charge in [-0.2, -0.15) is 13.2 Å². The zero-order valence-corrected chi connectivity index (χ0v) is 18.7. The molecule has 0 aromatic heterocycles. The van der Waals surface area contributed by atoms with Crippen LogP contribution in [0.2, 0.25) is 0 Å². The summed E-state index contributed by atoms with van der Waals surface area (Å²) in [5.74, 6) is 1.21. The number of ether oxygens (including phenoxy) is 3. The Morgan fingerprint density at radius 1 is 1.03 bits per heavy atom. The fraction of sp³-hybridized carbons (Fsp3) is 0.400. The van der Waals surface area contributed by atoms with Crippen LogP contribution in [0.15, 0.2) is 54.3 Å². The lowest BCUT2D eigenvalue weighted by Gasteiger charge is -2.40. The quantitative estimate of drug-likeness (QED) is 0.573. The minimum Gasteiger partial charge on any atom is -0.493 e. The summed E-state index contributed by atoms with van der Waals surface area (Å²) < 4.78 is 54.8. The summed E-state index contributed by atoms with van der Waals surface area (Å²) in [6, 6.07) is 10.0. The average molecular weight is 461 g/mol. The molecule has 8 heteroatoms. The minimum absolute atomic E-state index is 0.0137. The molecule has 0 amide bonds. The molecule has 2 aromatic carbocycles. The molecule has 1 saturated heterocycles. The van der Waals surface area contributed by atoms with Gasteiger partial charge in [0.05, 0.1) is 25.3 Å². The molecule has 1 aliphatic heterocycles. The second-order valence-corrected chi connectivity index (χ2v) is 8.50. The van der Waals surface area contributed by atoms with E-state index in [1.807, 2.05) is 25.3 Å². The zero-order valence-electron chi connectivity index (χ0n) is 18.7.